The molecule has 2 aromatic rings. The number of aromatic amines is 1. The molecule has 0 bridgehead atoms. The molecule has 1 aromatic heterocycles. The fourth-order valence-electron chi connectivity index (χ4n) is 1.42. The van der Waals surface area contributed by atoms with E-state index in [1.54, 1.807) is 0 Å². The molecule has 0 radical (unpaired) electrons. The van der Waals surface area contributed by atoms with E-state index in [9.17, 15) is 4.79 Å². The number of nitrogens with one attached hydrogen (secondary N) is 2. The minimum atomic E-state index is -0.477. The van der Waals surface area contributed by atoms with E-state index in [1.165, 1.54) is 6.08 Å². The van der Waals surface area contributed by atoms with Crippen LogP contribution in [0, 0.1) is 0 Å². The summed E-state index contributed by atoms with van der Waals surface area (Å²) in [4.78, 5) is 14.3. The Bertz CT molecular complexity index is 516. The van der Waals surface area contributed by atoms with Gasteiger partial charge in [0.15, 0.2) is 0 Å². The highest BCUT2D eigenvalue weighted by Gasteiger charge is 2.02. The number of carbonyl (C=O) groups excluding carboxylic acids is 1. The summed E-state index contributed by atoms with van der Waals surface area (Å²) in [5.41, 5.74) is 1.74. The number of anilines is 1. The van der Waals surface area contributed by atoms with Crippen LogP contribution in [0.1, 0.15) is 0 Å². The van der Waals surface area contributed by atoms with Gasteiger partial charge in [-0.05, 0) is 24.3 Å². The molecule has 4 nitrogen and oxygen atoms in total. The normalized spacial score (nSPS) is 10.0. The van der Waals surface area contributed by atoms with Crippen molar-refractivity contribution in [3.63, 3.8) is 0 Å². The predicted molar refractivity (Wildman–Crippen MR) is 63.5 cm³/mol. The minimum absolute atomic E-state index is 0.207. The molecule has 82 valence electrons. The van der Waals surface area contributed by atoms with Crippen LogP contribution in [-0.4, -0.2) is 17.7 Å². The Morgan fingerprint density at radius 2 is 2.38 bits per heavy atom. The summed E-state index contributed by atoms with van der Waals surface area (Å²) in [6.45, 7) is 3.67. The molecule has 0 saturated heterocycles. The standard InChI is InChI=1S/C12H12N2O2/c1-2-7-16-12(15)14-10-3-4-11-9(8-10)5-6-13-11/h2-6,8,13H,1,7H2,(H,14,15). The van der Waals surface area contributed by atoms with E-state index in [1.807, 2.05) is 30.5 Å². The van der Waals surface area contributed by atoms with Crippen LogP contribution in [0.25, 0.3) is 10.9 Å². The molecule has 0 atom stereocenters. The van der Waals surface area contributed by atoms with Crippen molar-refractivity contribution in [2.24, 2.45) is 0 Å². The summed E-state index contributed by atoms with van der Waals surface area (Å²) in [6.07, 6.45) is 2.90. The van der Waals surface area contributed by atoms with Crippen molar-refractivity contribution in [2.45, 2.75) is 0 Å². The first-order valence-corrected chi connectivity index (χ1v) is 4.91. The fourth-order valence-corrected chi connectivity index (χ4v) is 1.42. The maximum absolute atomic E-state index is 11.3. The zero-order valence-electron chi connectivity index (χ0n) is 8.69. The molecule has 4 heteroatoms. The minimum Gasteiger partial charge on any atom is -0.445 e. The zero-order valence-corrected chi connectivity index (χ0v) is 8.69. The Labute approximate surface area is 92.9 Å². The lowest BCUT2D eigenvalue weighted by Gasteiger charge is -2.04. The van der Waals surface area contributed by atoms with Crippen molar-refractivity contribution < 1.29 is 9.53 Å². The molecule has 0 spiro atoms. The molecular formula is C12H12N2O2. The fraction of sp³-hybridized carbons (Fsp3) is 0.0833. The van der Waals surface area contributed by atoms with Gasteiger partial charge >= 0.3 is 6.09 Å². The maximum Gasteiger partial charge on any atom is 0.411 e. The SMILES string of the molecule is C=CCOC(=O)Nc1ccc2[nH]ccc2c1. The molecule has 0 saturated carbocycles. The van der Waals surface area contributed by atoms with E-state index in [4.69, 9.17) is 4.74 Å². The number of benzene rings is 1. The van der Waals surface area contributed by atoms with Gasteiger partial charge in [-0.2, -0.15) is 0 Å². The Morgan fingerprint density at radius 1 is 1.50 bits per heavy atom. The van der Waals surface area contributed by atoms with E-state index < -0.39 is 6.09 Å². The van der Waals surface area contributed by atoms with E-state index in [-0.39, 0.29) is 6.61 Å². The number of aromatic nitrogens is 1. The van der Waals surface area contributed by atoms with Gasteiger partial charge in [-0.25, -0.2) is 4.79 Å². The summed E-state index contributed by atoms with van der Waals surface area (Å²) >= 11 is 0. The third-order valence-electron chi connectivity index (χ3n) is 2.13. The van der Waals surface area contributed by atoms with Gasteiger partial charge in [0.25, 0.3) is 0 Å². The highest BCUT2D eigenvalue weighted by molar-refractivity contribution is 5.90. The first-order valence-electron chi connectivity index (χ1n) is 4.91. The Hall–Kier alpha value is -2.23. The van der Waals surface area contributed by atoms with Gasteiger partial charge in [-0.3, -0.25) is 5.32 Å². The molecule has 2 N–H and O–H groups in total. The highest BCUT2D eigenvalue weighted by Crippen LogP contribution is 2.17. The van der Waals surface area contributed by atoms with E-state index >= 15 is 0 Å². The zero-order chi connectivity index (χ0) is 11.4. The van der Waals surface area contributed by atoms with E-state index in [2.05, 4.69) is 16.9 Å². The lowest BCUT2D eigenvalue weighted by Crippen LogP contribution is -2.13. The molecule has 2 rings (SSSR count). The summed E-state index contributed by atoms with van der Waals surface area (Å²) in [7, 11) is 0. The van der Waals surface area contributed by atoms with Crippen LogP contribution in [0.15, 0.2) is 43.1 Å². The number of fused-ring (bicyclic) bond motifs is 1. The Kier molecular flexibility index (Phi) is 2.91. The van der Waals surface area contributed by atoms with Crippen LogP contribution in [0.4, 0.5) is 10.5 Å². The number of hydrogen-bond donors (Lipinski definition) is 2. The summed E-state index contributed by atoms with van der Waals surface area (Å²) in [5, 5.41) is 3.68. The molecule has 1 aromatic carbocycles. The third kappa shape index (κ3) is 2.23. The topological polar surface area (TPSA) is 54.1 Å². The van der Waals surface area contributed by atoms with Crippen LogP contribution >= 0.6 is 0 Å². The highest BCUT2D eigenvalue weighted by atomic mass is 16.5. The average molecular weight is 216 g/mol. The third-order valence-corrected chi connectivity index (χ3v) is 2.13. The Morgan fingerprint density at radius 3 is 3.19 bits per heavy atom. The van der Waals surface area contributed by atoms with Crippen molar-refractivity contribution in [1.29, 1.82) is 0 Å². The van der Waals surface area contributed by atoms with Crippen molar-refractivity contribution in [1.82, 2.24) is 4.98 Å². The number of ether oxygens (including phenoxy) is 1. The lowest BCUT2D eigenvalue weighted by atomic mass is 10.2. The van der Waals surface area contributed by atoms with Crippen molar-refractivity contribution in [2.75, 3.05) is 11.9 Å². The van der Waals surface area contributed by atoms with E-state index in [0.717, 1.165) is 10.9 Å². The summed E-state index contributed by atoms with van der Waals surface area (Å²) in [6, 6.07) is 7.53. The lowest BCUT2D eigenvalue weighted by molar-refractivity contribution is 0.174. The monoisotopic (exact) mass is 216 g/mol. The summed E-state index contributed by atoms with van der Waals surface area (Å²) < 4.78 is 4.81. The van der Waals surface area contributed by atoms with Crippen molar-refractivity contribution in [3.05, 3.63) is 43.1 Å². The molecule has 0 aliphatic heterocycles. The molecule has 0 aliphatic carbocycles. The quantitative estimate of drug-likeness (QED) is 0.775. The van der Waals surface area contributed by atoms with E-state index in [0.29, 0.717) is 5.69 Å². The van der Waals surface area contributed by atoms with Gasteiger partial charge in [0.2, 0.25) is 0 Å². The molecule has 1 heterocycles. The smallest absolute Gasteiger partial charge is 0.411 e. The van der Waals surface area contributed by atoms with Gasteiger partial charge in [0.05, 0.1) is 0 Å². The van der Waals surface area contributed by atoms with Crippen LogP contribution in [0.5, 0.6) is 0 Å². The van der Waals surface area contributed by atoms with Crippen LogP contribution in [0.2, 0.25) is 0 Å². The van der Waals surface area contributed by atoms with Crippen LogP contribution in [0.3, 0.4) is 0 Å². The van der Waals surface area contributed by atoms with Gasteiger partial charge in [-0.15, -0.1) is 0 Å². The number of rotatable bonds is 3. The van der Waals surface area contributed by atoms with Gasteiger partial charge in [0.1, 0.15) is 6.61 Å². The predicted octanol–water partition coefficient (Wildman–Crippen LogP) is 2.90. The number of hydrogen-bond acceptors (Lipinski definition) is 2. The van der Waals surface area contributed by atoms with Gasteiger partial charge in [0, 0.05) is 22.8 Å². The molecular weight excluding hydrogens is 204 g/mol. The molecule has 16 heavy (non-hydrogen) atoms. The molecule has 0 aliphatic rings. The van der Waals surface area contributed by atoms with Gasteiger partial charge < -0.3 is 9.72 Å². The largest absolute Gasteiger partial charge is 0.445 e. The first-order chi connectivity index (χ1) is 7.79. The average Bonchev–Trinajstić information content (AvgIpc) is 2.73. The molecule has 1 amide bonds. The van der Waals surface area contributed by atoms with Crippen LogP contribution < -0.4 is 5.32 Å². The second kappa shape index (κ2) is 4.53. The van der Waals surface area contributed by atoms with Crippen molar-refractivity contribution in [3.8, 4) is 0 Å². The number of amides is 1. The first kappa shape index (κ1) is 10.3. The second-order valence-electron chi connectivity index (χ2n) is 3.29. The number of H-pyrrole nitrogens is 1. The Balaban J connectivity index is 2.08. The van der Waals surface area contributed by atoms with Crippen LogP contribution in [-0.2, 0) is 4.74 Å². The maximum atomic E-state index is 11.3. The van der Waals surface area contributed by atoms with Crippen molar-refractivity contribution >= 4 is 22.7 Å². The second-order valence-corrected chi connectivity index (χ2v) is 3.29. The summed E-state index contributed by atoms with van der Waals surface area (Å²) in [5.74, 6) is 0. The molecule has 0 unspecified atom stereocenters. The molecule has 0 fully saturated rings. The van der Waals surface area contributed by atoms with Gasteiger partial charge in [-0.1, -0.05) is 12.7 Å². The number of carbonyl (C=O) groups is 1.